The van der Waals surface area contributed by atoms with Crippen LogP contribution in [0.15, 0.2) is 6.07 Å². The Morgan fingerprint density at radius 3 is 1.81 bits per heavy atom. The predicted octanol–water partition coefficient (Wildman–Crippen LogP) is 1.51. The highest BCUT2D eigenvalue weighted by molar-refractivity contribution is 6.16. The van der Waals surface area contributed by atoms with E-state index >= 15 is 0 Å². The molecule has 0 aliphatic carbocycles. The maximum atomic E-state index is 11.7. The van der Waals surface area contributed by atoms with Crippen molar-refractivity contribution in [1.82, 2.24) is 0 Å². The van der Waals surface area contributed by atoms with Crippen LogP contribution < -0.4 is 14.4 Å². The number of Topliss-reactive ketones (excluding diaryl/α,β-unsaturated/α-hetero) is 1. The number of phenols is 1. The second-order valence-electron chi connectivity index (χ2n) is 4.28. The van der Waals surface area contributed by atoms with Crippen molar-refractivity contribution in [2.24, 2.45) is 0 Å². The third kappa shape index (κ3) is 2.96. The summed E-state index contributed by atoms with van der Waals surface area (Å²) in [5.74, 6) is -2.11. The smallest absolute Gasteiger partial charge is 0.230 e. The molecule has 1 aromatic rings. The molecule has 0 heterocycles. The van der Waals surface area contributed by atoms with Gasteiger partial charge in [0.2, 0.25) is 11.8 Å². The molecule has 1 rings (SSSR count). The number of imide groups is 1. The molecule has 21 heavy (non-hydrogen) atoms. The molecule has 1 aromatic carbocycles. The molecule has 0 saturated carbocycles. The fourth-order valence-electron chi connectivity index (χ4n) is 2.02. The molecule has 0 fully saturated rings. The van der Waals surface area contributed by atoms with Gasteiger partial charge in [-0.05, 0) is 6.92 Å². The van der Waals surface area contributed by atoms with Crippen molar-refractivity contribution in [3.8, 4) is 17.2 Å². The number of aromatic hydroxyl groups is 1. The number of carbonyl (C=O) groups excluding carboxylic acids is 3. The Bertz CT molecular complexity index is 594. The van der Waals surface area contributed by atoms with Crippen LogP contribution in [0.2, 0.25) is 0 Å². The van der Waals surface area contributed by atoms with E-state index in [9.17, 15) is 19.5 Å². The van der Waals surface area contributed by atoms with Gasteiger partial charge in [0.15, 0.2) is 17.3 Å². The van der Waals surface area contributed by atoms with E-state index in [0.29, 0.717) is 0 Å². The number of methoxy groups -OCH3 is 2. The number of rotatable bonds is 4. The highest BCUT2D eigenvalue weighted by atomic mass is 16.5. The minimum Gasteiger partial charge on any atom is -0.505 e. The first-order valence-electron chi connectivity index (χ1n) is 6.06. The van der Waals surface area contributed by atoms with Crippen LogP contribution in [0.4, 0.5) is 5.69 Å². The summed E-state index contributed by atoms with van der Waals surface area (Å²) in [4.78, 5) is 35.8. The van der Waals surface area contributed by atoms with Gasteiger partial charge in [0.25, 0.3) is 0 Å². The molecule has 0 atom stereocenters. The number of amides is 2. The van der Waals surface area contributed by atoms with E-state index in [-0.39, 0.29) is 22.7 Å². The van der Waals surface area contributed by atoms with Crippen LogP contribution in [0.3, 0.4) is 0 Å². The van der Waals surface area contributed by atoms with Crippen molar-refractivity contribution >= 4 is 23.3 Å². The average molecular weight is 295 g/mol. The van der Waals surface area contributed by atoms with Crippen LogP contribution in [0, 0.1) is 0 Å². The summed E-state index contributed by atoms with van der Waals surface area (Å²) >= 11 is 0. The topological polar surface area (TPSA) is 93.1 Å². The highest BCUT2D eigenvalue weighted by Crippen LogP contribution is 2.45. The van der Waals surface area contributed by atoms with Gasteiger partial charge in [0.05, 0.1) is 14.2 Å². The van der Waals surface area contributed by atoms with E-state index in [2.05, 4.69) is 0 Å². The zero-order valence-electron chi connectivity index (χ0n) is 12.5. The molecule has 7 nitrogen and oxygen atoms in total. The Kier molecular flexibility index (Phi) is 4.91. The molecule has 0 saturated heterocycles. The summed E-state index contributed by atoms with van der Waals surface area (Å²) in [5, 5.41) is 10.3. The van der Waals surface area contributed by atoms with Crippen molar-refractivity contribution in [2.75, 3.05) is 19.1 Å². The first kappa shape index (κ1) is 16.5. The minimum atomic E-state index is -0.615. The van der Waals surface area contributed by atoms with Crippen molar-refractivity contribution in [1.29, 1.82) is 0 Å². The summed E-state index contributed by atoms with van der Waals surface area (Å²) in [5.41, 5.74) is -0.302. The standard InChI is InChI=1S/C14H17NO6/c1-7(16)12-10(20-4)6-11(21-5)13(14(12)19)15(8(2)17)9(3)18/h6,19H,1-5H3. The molecule has 1 N–H and O–H groups in total. The fraction of sp³-hybridized carbons (Fsp3) is 0.357. The predicted molar refractivity (Wildman–Crippen MR) is 75.1 cm³/mol. The summed E-state index contributed by atoms with van der Waals surface area (Å²) < 4.78 is 10.1. The molecular formula is C14H17NO6. The van der Waals surface area contributed by atoms with Crippen molar-refractivity contribution in [2.45, 2.75) is 20.8 Å². The van der Waals surface area contributed by atoms with E-state index in [0.717, 1.165) is 18.7 Å². The Morgan fingerprint density at radius 2 is 1.48 bits per heavy atom. The molecule has 0 radical (unpaired) electrons. The normalized spacial score (nSPS) is 9.95. The lowest BCUT2D eigenvalue weighted by atomic mass is 10.1. The number of anilines is 1. The van der Waals surface area contributed by atoms with Gasteiger partial charge >= 0.3 is 0 Å². The number of benzene rings is 1. The van der Waals surface area contributed by atoms with Gasteiger partial charge in [-0.15, -0.1) is 0 Å². The molecule has 2 amide bonds. The highest BCUT2D eigenvalue weighted by Gasteiger charge is 2.29. The molecule has 0 aliphatic rings. The van der Waals surface area contributed by atoms with E-state index in [1.54, 1.807) is 0 Å². The Hall–Kier alpha value is -2.57. The Balaban J connectivity index is 3.79. The SMILES string of the molecule is COc1cc(OC)c(N(C(C)=O)C(C)=O)c(O)c1C(C)=O. The molecule has 7 heteroatoms. The number of ketones is 1. The first-order chi connectivity index (χ1) is 9.76. The zero-order chi connectivity index (χ0) is 16.3. The van der Waals surface area contributed by atoms with Crippen LogP contribution in [-0.2, 0) is 9.59 Å². The molecular weight excluding hydrogens is 278 g/mol. The fourth-order valence-corrected chi connectivity index (χ4v) is 2.02. The second kappa shape index (κ2) is 6.25. The van der Waals surface area contributed by atoms with Gasteiger partial charge < -0.3 is 14.6 Å². The monoisotopic (exact) mass is 295 g/mol. The Labute approximate surface area is 122 Å². The van der Waals surface area contributed by atoms with Crippen molar-refractivity contribution < 1.29 is 29.0 Å². The largest absolute Gasteiger partial charge is 0.505 e. The number of nitrogens with zero attached hydrogens (tertiary/aromatic N) is 1. The first-order valence-corrected chi connectivity index (χ1v) is 6.06. The number of hydrogen-bond donors (Lipinski definition) is 1. The Morgan fingerprint density at radius 1 is 1.00 bits per heavy atom. The van der Waals surface area contributed by atoms with Crippen LogP contribution in [0.25, 0.3) is 0 Å². The van der Waals surface area contributed by atoms with Gasteiger partial charge in [-0.1, -0.05) is 0 Å². The van der Waals surface area contributed by atoms with Crippen LogP contribution in [0.5, 0.6) is 17.2 Å². The quantitative estimate of drug-likeness (QED) is 0.846. The summed E-state index contributed by atoms with van der Waals surface area (Å²) in [6, 6.07) is 1.34. The van der Waals surface area contributed by atoms with Gasteiger partial charge in [0, 0.05) is 19.9 Å². The second-order valence-corrected chi connectivity index (χ2v) is 4.28. The molecule has 0 unspecified atom stereocenters. The lowest BCUT2D eigenvalue weighted by molar-refractivity contribution is -0.124. The molecule has 114 valence electrons. The van der Waals surface area contributed by atoms with Gasteiger partial charge in [0.1, 0.15) is 17.0 Å². The summed E-state index contributed by atoms with van der Waals surface area (Å²) in [6.45, 7) is 3.57. The molecule has 0 bridgehead atoms. The number of carbonyl (C=O) groups is 3. The van der Waals surface area contributed by atoms with E-state index in [1.807, 2.05) is 0 Å². The number of hydrogen-bond acceptors (Lipinski definition) is 6. The van der Waals surface area contributed by atoms with Crippen molar-refractivity contribution in [3.05, 3.63) is 11.6 Å². The summed E-state index contributed by atoms with van der Waals surface area (Å²) in [6.07, 6.45) is 0. The van der Waals surface area contributed by atoms with Crippen LogP contribution >= 0.6 is 0 Å². The van der Waals surface area contributed by atoms with Gasteiger partial charge in [-0.25, -0.2) is 4.90 Å². The average Bonchev–Trinajstić information content (AvgIpc) is 2.38. The third-order valence-electron chi connectivity index (χ3n) is 2.85. The van der Waals surface area contributed by atoms with Crippen molar-refractivity contribution in [3.63, 3.8) is 0 Å². The maximum absolute atomic E-state index is 11.7. The van der Waals surface area contributed by atoms with Gasteiger partial charge in [-0.2, -0.15) is 0 Å². The van der Waals surface area contributed by atoms with E-state index in [4.69, 9.17) is 9.47 Å². The number of phenolic OH excluding ortho intramolecular Hbond substituents is 1. The maximum Gasteiger partial charge on any atom is 0.230 e. The minimum absolute atomic E-state index is 0.0414. The van der Waals surface area contributed by atoms with Gasteiger partial charge in [-0.3, -0.25) is 14.4 Å². The summed E-state index contributed by atoms with van der Waals surface area (Å²) in [7, 11) is 2.64. The van der Waals surface area contributed by atoms with Crippen LogP contribution in [-0.4, -0.2) is 36.9 Å². The van der Waals surface area contributed by atoms with Crippen LogP contribution in [0.1, 0.15) is 31.1 Å². The lowest BCUT2D eigenvalue weighted by Crippen LogP contribution is -2.33. The number of ether oxygens (including phenoxy) is 2. The third-order valence-corrected chi connectivity index (χ3v) is 2.85. The zero-order valence-corrected chi connectivity index (χ0v) is 12.5. The molecule has 0 aliphatic heterocycles. The molecule has 0 spiro atoms. The van der Waals surface area contributed by atoms with E-state index in [1.165, 1.54) is 27.2 Å². The lowest BCUT2D eigenvalue weighted by Gasteiger charge is -2.23. The molecule has 0 aromatic heterocycles. The van der Waals surface area contributed by atoms with E-state index < -0.39 is 23.3 Å².